The summed E-state index contributed by atoms with van der Waals surface area (Å²) < 4.78 is 10.7. The lowest BCUT2D eigenvalue weighted by Crippen LogP contribution is -2.39. The Labute approximate surface area is 214 Å². The van der Waals surface area contributed by atoms with Crippen molar-refractivity contribution in [3.63, 3.8) is 0 Å². The predicted octanol–water partition coefficient (Wildman–Crippen LogP) is 4.40. The average molecular weight is 510 g/mol. The van der Waals surface area contributed by atoms with Gasteiger partial charge in [-0.2, -0.15) is 0 Å². The van der Waals surface area contributed by atoms with E-state index in [0.29, 0.717) is 22.1 Å². The van der Waals surface area contributed by atoms with Gasteiger partial charge in [0.25, 0.3) is 5.91 Å². The highest BCUT2D eigenvalue weighted by Crippen LogP contribution is 2.24. The molecule has 1 aliphatic rings. The first-order valence-corrected chi connectivity index (χ1v) is 11.8. The molecule has 2 heterocycles. The van der Waals surface area contributed by atoms with Gasteiger partial charge >= 0.3 is 6.03 Å². The van der Waals surface area contributed by atoms with Crippen molar-refractivity contribution in [2.75, 3.05) is 37.9 Å². The third kappa shape index (κ3) is 6.87. The molecule has 3 N–H and O–H groups in total. The van der Waals surface area contributed by atoms with Crippen LogP contribution in [-0.2, 0) is 6.54 Å². The number of ether oxygens (including phenoxy) is 2. The van der Waals surface area contributed by atoms with Gasteiger partial charge in [0.05, 0.1) is 19.2 Å². The maximum atomic E-state index is 12.6. The number of rotatable bonds is 8. The lowest BCUT2D eigenvalue weighted by Gasteiger charge is -2.18. The molecule has 9 nitrogen and oxygen atoms in total. The van der Waals surface area contributed by atoms with Crippen LogP contribution < -0.4 is 25.4 Å². The Bertz CT molecular complexity index is 1200. The molecule has 0 bridgehead atoms. The van der Waals surface area contributed by atoms with E-state index in [-0.39, 0.29) is 18.0 Å². The van der Waals surface area contributed by atoms with Gasteiger partial charge in [0.1, 0.15) is 17.3 Å². The van der Waals surface area contributed by atoms with Gasteiger partial charge in [-0.05, 0) is 54.4 Å². The number of urea groups is 1. The van der Waals surface area contributed by atoms with Crippen LogP contribution in [0.5, 0.6) is 11.5 Å². The van der Waals surface area contributed by atoms with Crippen molar-refractivity contribution in [3.8, 4) is 11.5 Å². The molecule has 0 spiro atoms. The number of hydrogen-bond donors (Lipinski definition) is 3. The molecule has 1 unspecified atom stereocenters. The Morgan fingerprint density at radius 1 is 1.06 bits per heavy atom. The Morgan fingerprint density at radius 2 is 1.83 bits per heavy atom. The molecule has 4 rings (SSSR count). The molecule has 0 aliphatic carbocycles. The summed E-state index contributed by atoms with van der Waals surface area (Å²) in [4.78, 5) is 31.5. The third-order valence-electron chi connectivity index (χ3n) is 5.78. The third-order valence-corrected chi connectivity index (χ3v) is 6.00. The Balaban J connectivity index is 1.28. The number of halogens is 1. The van der Waals surface area contributed by atoms with E-state index in [0.717, 1.165) is 43.1 Å². The number of carbonyl (C=O) groups excluding carboxylic acids is 2. The summed E-state index contributed by atoms with van der Waals surface area (Å²) in [6.07, 6.45) is 2.29. The van der Waals surface area contributed by atoms with Crippen LogP contribution in [0, 0.1) is 0 Å². The SMILES string of the molecule is COc1cc(CN2CCC(NC(=O)Nc3cccc(C(=O)Nc4ccc(Cl)cn4)c3)C2)cc(OC)c1. The molecular formula is C26H28ClN5O4. The molecular weight excluding hydrogens is 482 g/mol. The molecule has 188 valence electrons. The van der Waals surface area contributed by atoms with Gasteiger partial charge in [-0.3, -0.25) is 9.69 Å². The number of nitrogens with one attached hydrogen (secondary N) is 3. The topological polar surface area (TPSA) is 105 Å². The van der Waals surface area contributed by atoms with E-state index in [9.17, 15) is 9.59 Å². The van der Waals surface area contributed by atoms with Crippen molar-refractivity contribution in [1.29, 1.82) is 0 Å². The summed E-state index contributed by atoms with van der Waals surface area (Å²) in [5.74, 6) is 1.55. The Hall–Kier alpha value is -3.82. The standard InChI is InChI=1S/C26H28ClN5O4/c1-35-22-10-17(11-23(13-22)36-2)15-32-9-8-21(16-32)30-26(34)29-20-5-3-4-18(12-20)25(33)31-24-7-6-19(27)14-28-24/h3-7,10-14,21H,8-9,15-16H2,1-2H3,(H,28,31,33)(H2,29,30,34). The van der Waals surface area contributed by atoms with Crippen molar-refractivity contribution < 1.29 is 19.1 Å². The summed E-state index contributed by atoms with van der Waals surface area (Å²) in [6.45, 7) is 2.31. The van der Waals surface area contributed by atoms with Crippen LogP contribution in [0.2, 0.25) is 5.02 Å². The number of aromatic nitrogens is 1. The smallest absolute Gasteiger partial charge is 0.319 e. The van der Waals surface area contributed by atoms with Gasteiger partial charge in [-0.15, -0.1) is 0 Å². The molecule has 1 aromatic heterocycles. The normalized spacial score (nSPS) is 15.2. The monoisotopic (exact) mass is 509 g/mol. The maximum Gasteiger partial charge on any atom is 0.319 e. The second-order valence-corrected chi connectivity index (χ2v) is 8.87. The van der Waals surface area contributed by atoms with E-state index in [2.05, 4.69) is 25.8 Å². The minimum atomic E-state index is -0.338. The summed E-state index contributed by atoms with van der Waals surface area (Å²) in [6, 6.07) is 15.5. The largest absolute Gasteiger partial charge is 0.497 e. The first-order valence-electron chi connectivity index (χ1n) is 11.5. The first kappa shape index (κ1) is 25.3. The van der Waals surface area contributed by atoms with Crippen LogP contribution in [0.3, 0.4) is 0 Å². The molecule has 1 aliphatic heterocycles. The molecule has 3 aromatic rings. The van der Waals surface area contributed by atoms with Crippen LogP contribution >= 0.6 is 11.6 Å². The van der Waals surface area contributed by atoms with Crippen LogP contribution in [0.15, 0.2) is 60.8 Å². The second-order valence-electron chi connectivity index (χ2n) is 8.44. The number of carbonyl (C=O) groups is 2. The first-order chi connectivity index (χ1) is 17.4. The molecule has 36 heavy (non-hydrogen) atoms. The number of nitrogens with zero attached hydrogens (tertiary/aromatic N) is 2. The number of benzene rings is 2. The van der Waals surface area contributed by atoms with E-state index in [1.807, 2.05) is 18.2 Å². The van der Waals surface area contributed by atoms with Crippen LogP contribution in [-0.4, -0.2) is 55.2 Å². The predicted molar refractivity (Wildman–Crippen MR) is 139 cm³/mol. The van der Waals surface area contributed by atoms with Gasteiger partial charge in [-0.25, -0.2) is 9.78 Å². The van der Waals surface area contributed by atoms with Crippen molar-refractivity contribution in [2.45, 2.75) is 19.0 Å². The lowest BCUT2D eigenvalue weighted by atomic mass is 10.2. The molecule has 1 atom stereocenters. The zero-order valence-electron chi connectivity index (χ0n) is 20.1. The van der Waals surface area contributed by atoms with E-state index in [4.69, 9.17) is 21.1 Å². The van der Waals surface area contributed by atoms with E-state index in [1.54, 1.807) is 50.6 Å². The number of pyridine rings is 1. The number of likely N-dealkylation sites (tertiary alicyclic amines) is 1. The van der Waals surface area contributed by atoms with Crippen LogP contribution in [0.1, 0.15) is 22.3 Å². The van der Waals surface area contributed by atoms with Gasteiger partial charge in [0.15, 0.2) is 0 Å². The fourth-order valence-corrected chi connectivity index (χ4v) is 4.15. The lowest BCUT2D eigenvalue weighted by molar-refractivity contribution is 0.102. The van der Waals surface area contributed by atoms with Gasteiger partial charge in [0.2, 0.25) is 0 Å². The molecule has 1 fully saturated rings. The van der Waals surface area contributed by atoms with Crippen LogP contribution in [0.4, 0.5) is 16.3 Å². The summed E-state index contributed by atoms with van der Waals surface area (Å²) in [5, 5.41) is 9.02. The highest BCUT2D eigenvalue weighted by Gasteiger charge is 2.24. The molecule has 10 heteroatoms. The zero-order valence-corrected chi connectivity index (χ0v) is 20.8. The molecule has 0 radical (unpaired) electrons. The number of hydrogen-bond acceptors (Lipinski definition) is 6. The van der Waals surface area contributed by atoms with E-state index < -0.39 is 0 Å². The highest BCUT2D eigenvalue weighted by atomic mass is 35.5. The molecule has 0 saturated carbocycles. The Kier molecular flexibility index (Phi) is 8.24. The second kappa shape index (κ2) is 11.7. The van der Waals surface area contributed by atoms with Crippen molar-refractivity contribution in [1.82, 2.24) is 15.2 Å². The molecule has 2 aromatic carbocycles. The molecule has 3 amide bonds. The summed E-state index contributed by atoms with van der Waals surface area (Å²) in [7, 11) is 3.26. The summed E-state index contributed by atoms with van der Waals surface area (Å²) >= 11 is 5.83. The number of anilines is 2. The van der Waals surface area contributed by atoms with Crippen molar-refractivity contribution >= 4 is 35.0 Å². The fraction of sp³-hybridized carbons (Fsp3) is 0.269. The van der Waals surface area contributed by atoms with E-state index in [1.165, 1.54) is 6.20 Å². The number of methoxy groups -OCH3 is 2. The van der Waals surface area contributed by atoms with Crippen LogP contribution in [0.25, 0.3) is 0 Å². The van der Waals surface area contributed by atoms with E-state index >= 15 is 0 Å². The highest BCUT2D eigenvalue weighted by molar-refractivity contribution is 6.30. The van der Waals surface area contributed by atoms with Crippen molar-refractivity contribution in [2.24, 2.45) is 0 Å². The average Bonchev–Trinajstić information content (AvgIpc) is 3.31. The number of amides is 3. The minimum absolute atomic E-state index is 0.0139. The minimum Gasteiger partial charge on any atom is -0.497 e. The van der Waals surface area contributed by atoms with Gasteiger partial charge in [0, 0.05) is 49.2 Å². The maximum absolute atomic E-state index is 12.6. The van der Waals surface area contributed by atoms with Gasteiger partial charge < -0.3 is 25.4 Å². The van der Waals surface area contributed by atoms with Crippen molar-refractivity contribution in [3.05, 3.63) is 76.9 Å². The quantitative estimate of drug-likeness (QED) is 0.415. The zero-order chi connectivity index (χ0) is 25.5. The molecule has 1 saturated heterocycles. The summed E-state index contributed by atoms with van der Waals surface area (Å²) in [5.41, 5.74) is 1.99. The van der Waals surface area contributed by atoms with Gasteiger partial charge in [-0.1, -0.05) is 17.7 Å². The Morgan fingerprint density at radius 3 is 2.53 bits per heavy atom. The fourth-order valence-electron chi connectivity index (χ4n) is 4.04.